The normalized spacial score (nSPS) is 60.1. The second kappa shape index (κ2) is 4.54. The van der Waals surface area contributed by atoms with Crippen molar-refractivity contribution in [1.82, 2.24) is 0 Å². The second-order valence-corrected chi connectivity index (χ2v) is 10.8. The van der Waals surface area contributed by atoms with Gasteiger partial charge in [-0.25, -0.2) is 0 Å². The maximum atomic E-state index is 13.5. The molecule has 0 amide bonds. The van der Waals surface area contributed by atoms with Gasteiger partial charge in [-0.2, -0.15) is 0 Å². The Morgan fingerprint density at radius 2 is 1.83 bits per heavy atom. The Labute approximate surface area is 168 Å². The number of hydrogen-bond donors (Lipinski definition) is 4. The largest absolute Gasteiger partial charge is 0.515 e. The zero-order valence-electron chi connectivity index (χ0n) is 16.5. The molecule has 6 fully saturated rings. The number of ether oxygens (including phenoxy) is 1. The van der Waals surface area contributed by atoms with Crippen LogP contribution in [0.5, 0.6) is 0 Å². The fraction of sp³-hybridized carbons (Fsp3) is 0.727. The van der Waals surface area contributed by atoms with Crippen molar-refractivity contribution in [3.63, 3.8) is 0 Å². The predicted octanol–water partition coefficient (Wildman–Crippen LogP) is 0.778. The van der Waals surface area contributed by atoms with Gasteiger partial charge >= 0.3 is 0 Å². The minimum absolute atomic E-state index is 0.251. The molecule has 0 aromatic rings. The minimum Gasteiger partial charge on any atom is -0.515 e. The highest BCUT2D eigenvalue weighted by Crippen LogP contribution is 2.87. The monoisotopic (exact) mass is 402 g/mol. The first-order valence-corrected chi connectivity index (χ1v) is 10.4. The number of carbonyl (C=O) groups excluding carboxylic acids is 2. The van der Waals surface area contributed by atoms with E-state index in [0.29, 0.717) is 12.8 Å². The lowest BCUT2D eigenvalue weighted by Crippen LogP contribution is -2.68. The van der Waals surface area contributed by atoms with Gasteiger partial charge in [-0.05, 0) is 36.7 Å². The number of aliphatic hydroxyl groups is 4. The third kappa shape index (κ3) is 1.40. The molecule has 1 unspecified atom stereocenters. The van der Waals surface area contributed by atoms with Crippen molar-refractivity contribution in [2.24, 2.45) is 34.0 Å². The van der Waals surface area contributed by atoms with Gasteiger partial charge in [0.15, 0.2) is 11.6 Å². The van der Waals surface area contributed by atoms with Gasteiger partial charge < -0.3 is 25.2 Å². The van der Waals surface area contributed by atoms with Crippen LogP contribution in [0, 0.1) is 34.0 Å². The summed E-state index contributed by atoms with van der Waals surface area (Å²) in [5.41, 5.74) is -4.02. The molecule has 156 valence electrons. The zero-order valence-corrected chi connectivity index (χ0v) is 16.5. The van der Waals surface area contributed by atoms with Crippen LogP contribution in [0.2, 0.25) is 0 Å². The molecule has 9 atom stereocenters. The van der Waals surface area contributed by atoms with Crippen molar-refractivity contribution in [2.75, 3.05) is 0 Å². The molecule has 7 heteroatoms. The summed E-state index contributed by atoms with van der Waals surface area (Å²) in [5, 5.41) is 44.3. The molecule has 6 aliphatic rings. The minimum atomic E-state index is -2.27. The maximum absolute atomic E-state index is 13.5. The lowest BCUT2D eigenvalue weighted by atomic mass is 9.55. The summed E-state index contributed by atoms with van der Waals surface area (Å²) >= 11 is 0. The Hall–Kier alpha value is -1.54. The molecule has 6 rings (SSSR count). The van der Waals surface area contributed by atoms with Gasteiger partial charge in [0.05, 0.1) is 23.4 Å². The molecule has 4 bridgehead atoms. The average Bonchev–Trinajstić information content (AvgIpc) is 3.22. The van der Waals surface area contributed by atoms with Crippen LogP contribution in [0.3, 0.4) is 0 Å². The number of Topliss-reactive ketones (excluding diaryl/α,β-unsaturated/α-hetero) is 2. The fourth-order valence-corrected chi connectivity index (χ4v) is 8.69. The molecule has 4 aliphatic carbocycles. The SMILES string of the molecule is C=C1C(=O)[C@]23[C@H](O)[C@H]1CC[C@H]2C12C[C@]14C(=O)/C(=C\O)CC(C)(C)[C@H]4[C@H](O)[C@@]3(O)O2. The third-order valence-electron chi connectivity index (χ3n) is 9.53. The molecule has 4 N–H and O–H groups in total. The van der Waals surface area contributed by atoms with Crippen molar-refractivity contribution in [1.29, 1.82) is 0 Å². The van der Waals surface area contributed by atoms with Crippen LogP contribution >= 0.6 is 0 Å². The van der Waals surface area contributed by atoms with E-state index < -0.39 is 63.4 Å². The van der Waals surface area contributed by atoms with E-state index in [1.54, 1.807) is 0 Å². The van der Waals surface area contributed by atoms with Crippen LogP contribution in [0.25, 0.3) is 0 Å². The molecule has 29 heavy (non-hydrogen) atoms. The number of fused-ring (bicyclic) bond motifs is 2. The van der Waals surface area contributed by atoms with E-state index in [4.69, 9.17) is 4.74 Å². The topological polar surface area (TPSA) is 124 Å². The third-order valence-corrected chi connectivity index (χ3v) is 9.53. The Bertz CT molecular complexity index is 951. The van der Waals surface area contributed by atoms with Crippen LogP contribution < -0.4 is 0 Å². The van der Waals surface area contributed by atoms with Gasteiger partial charge in [0.2, 0.25) is 5.79 Å². The molecule has 7 nitrogen and oxygen atoms in total. The quantitative estimate of drug-likeness (QED) is 0.349. The van der Waals surface area contributed by atoms with Crippen molar-refractivity contribution < 1.29 is 34.8 Å². The zero-order chi connectivity index (χ0) is 20.9. The van der Waals surface area contributed by atoms with E-state index in [2.05, 4.69) is 6.58 Å². The Balaban J connectivity index is 1.66. The number of hydrogen-bond acceptors (Lipinski definition) is 7. The maximum Gasteiger partial charge on any atom is 0.209 e. The predicted molar refractivity (Wildman–Crippen MR) is 98.2 cm³/mol. The molecule has 0 aromatic heterocycles. The fourth-order valence-electron chi connectivity index (χ4n) is 8.69. The van der Waals surface area contributed by atoms with Crippen LogP contribution in [-0.2, 0) is 14.3 Å². The highest BCUT2D eigenvalue weighted by Gasteiger charge is 2.98. The highest BCUT2D eigenvalue weighted by atomic mass is 16.7. The number of rotatable bonds is 0. The molecule has 2 heterocycles. The van der Waals surface area contributed by atoms with E-state index >= 15 is 0 Å². The highest BCUT2D eigenvalue weighted by molar-refractivity contribution is 6.08. The van der Waals surface area contributed by atoms with Gasteiger partial charge in [-0.1, -0.05) is 20.4 Å². The van der Waals surface area contributed by atoms with Crippen LogP contribution in [0.4, 0.5) is 0 Å². The smallest absolute Gasteiger partial charge is 0.209 e. The van der Waals surface area contributed by atoms with Crippen molar-refractivity contribution in [3.05, 3.63) is 24.0 Å². The first-order valence-electron chi connectivity index (χ1n) is 10.4. The van der Waals surface area contributed by atoms with Gasteiger partial charge in [0, 0.05) is 23.3 Å². The van der Waals surface area contributed by atoms with E-state index in [0.717, 1.165) is 6.26 Å². The first-order chi connectivity index (χ1) is 13.5. The molecule has 2 aliphatic heterocycles. The van der Waals surface area contributed by atoms with Crippen molar-refractivity contribution in [2.45, 2.75) is 63.1 Å². The lowest BCUT2D eigenvalue weighted by Gasteiger charge is -2.54. The lowest BCUT2D eigenvalue weighted by molar-refractivity contribution is -0.339. The molecule has 0 aromatic carbocycles. The summed E-state index contributed by atoms with van der Waals surface area (Å²) in [6.45, 7) is 7.68. The second-order valence-electron chi connectivity index (χ2n) is 10.8. The summed E-state index contributed by atoms with van der Waals surface area (Å²) in [4.78, 5) is 27.0. The summed E-state index contributed by atoms with van der Waals surface area (Å²) in [7, 11) is 0. The molecular formula is C22H26O7. The molecule has 0 radical (unpaired) electrons. The van der Waals surface area contributed by atoms with Gasteiger partial charge in [-0.3, -0.25) is 9.59 Å². The van der Waals surface area contributed by atoms with Gasteiger partial charge in [0.25, 0.3) is 0 Å². The summed E-state index contributed by atoms with van der Waals surface area (Å²) < 4.78 is 6.19. The number of aliphatic hydroxyl groups excluding tert-OH is 3. The van der Waals surface area contributed by atoms with E-state index in [9.17, 15) is 30.0 Å². The van der Waals surface area contributed by atoms with Crippen LogP contribution in [0.15, 0.2) is 24.0 Å². The average molecular weight is 402 g/mol. The van der Waals surface area contributed by atoms with Crippen molar-refractivity contribution >= 4 is 11.6 Å². The van der Waals surface area contributed by atoms with Crippen LogP contribution in [-0.4, -0.2) is 55.6 Å². The Morgan fingerprint density at radius 1 is 1.14 bits per heavy atom. The molecule has 3 spiro atoms. The van der Waals surface area contributed by atoms with Gasteiger partial charge in [-0.15, -0.1) is 0 Å². The molecule has 4 saturated carbocycles. The van der Waals surface area contributed by atoms with E-state index in [-0.39, 0.29) is 29.8 Å². The van der Waals surface area contributed by atoms with Crippen molar-refractivity contribution in [3.8, 4) is 0 Å². The summed E-state index contributed by atoms with van der Waals surface area (Å²) in [6.07, 6.45) is -0.338. The number of ketones is 2. The van der Waals surface area contributed by atoms with E-state index in [1.807, 2.05) is 13.8 Å². The Morgan fingerprint density at radius 3 is 2.48 bits per heavy atom. The number of allylic oxidation sites excluding steroid dienone is 1. The van der Waals surface area contributed by atoms with Gasteiger partial charge in [0.1, 0.15) is 11.5 Å². The van der Waals surface area contributed by atoms with E-state index in [1.165, 1.54) is 0 Å². The summed E-state index contributed by atoms with van der Waals surface area (Å²) in [5.74, 6) is -4.70. The Kier molecular flexibility index (Phi) is 2.86. The first kappa shape index (κ1) is 18.2. The molecule has 2 saturated heterocycles. The summed E-state index contributed by atoms with van der Waals surface area (Å²) in [6, 6.07) is 0. The molecular weight excluding hydrogens is 376 g/mol. The van der Waals surface area contributed by atoms with Crippen LogP contribution in [0.1, 0.15) is 39.5 Å². The number of carbonyl (C=O) groups is 2. The standard InChI is InChI=1S/C22H26O7/c1-9-11-4-5-12-20-8-19(20)13(18(2,3)6-10(7-23)15(19)25)17(27)22(28,29-20)21(12,14(9)24)16(11)26/h7,11-13,16-17,23,26-28H,1,4-6,8H2,2-3H3/b10-7-/t11-,12-,13+,16+,17-,19-,20?,21-,22+/m0/s1.